The van der Waals surface area contributed by atoms with E-state index in [4.69, 9.17) is 4.74 Å². The number of aromatic nitrogens is 2. The molecule has 0 radical (unpaired) electrons. The van der Waals surface area contributed by atoms with Gasteiger partial charge in [0, 0.05) is 19.3 Å². The highest BCUT2D eigenvalue weighted by atomic mass is 16.5. The Balaban J connectivity index is 1.51. The van der Waals surface area contributed by atoms with Crippen molar-refractivity contribution in [2.24, 2.45) is 0 Å². The third kappa shape index (κ3) is 4.96. The highest BCUT2D eigenvalue weighted by Crippen LogP contribution is 2.13. The molecule has 0 amide bonds. The summed E-state index contributed by atoms with van der Waals surface area (Å²) in [5, 5.41) is 6.64. The van der Waals surface area contributed by atoms with E-state index in [-0.39, 0.29) is 0 Å². The van der Waals surface area contributed by atoms with E-state index in [9.17, 15) is 0 Å². The van der Waals surface area contributed by atoms with E-state index < -0.39 is 0 Å². The molecule has 0 fully saturated rings. The van der Waals surface area contributed by atoms with Gasteiger partial charge in [0.15, 0.2) is 0 Å². The predicted octanol–water partition coefficient (Wildman–Crippen LogP) is 4.06. The molecular formula is C21H24N4O. The average Bonchev–Trinajstić information content (AvgIpc) is 2.68. The Labute approximate surface area is 154 Å². The van der Waals surface area contributed by atoms with Crippen LogP contribution in [0, 0.1) is 6.92 Å². The van der Waals surface area contributed by atoms with Crippen LogP contribution in [-0.4, -0.2) is 23.6 Å². The molecule has 0 aliphatic carbocycles. The van der Waals surface area contributed by atoms with E-state index in [1.54, 1.807) is 13.3 Å². The molecule has 3 aromatic rings. The Morgan fingerprint density at radius 1 is 0.962 bits per heavy atom. The maximum absolute atomic E-state index is 5.18. The number of methoxy groups -OCH3 is 1. The monoisotopic (exact) mass is 348 g/mol. The van der Waals surface area contributed by atoms with Crippen molar-refractivity contribution in [3.05, 3.63) is 77.5 Å². The standard InChI is InChI=1S/C21H24N4O/c1-16-5-3-4-6-18(16)15-24-21-23-14-12-20(25-21)22-13-11-17-7-9-19(26-2)10-8-17/h3-10,12,14H,11,13,15H2,1-2H3,(H2,22,23,24,25). The Hall–Kier alpha value is -3.08. The molecule has 5 nitrogen and oxygen atoms in total. The third-order valence-electron chi connectivity index (χ3n) is 4.23. The van der Waals surface area contributed by atoms with Crippen molar-refractivity contribution in [1.29, 1.82) is 0 Å². The molecule has 0 saturated carbocycles. The first-order valence-electron chi connectivity index (χ1n) is 8.73. The molecule has 0 unspecified atom stereocenters. The van der Waals surface area contributed by atoms with Gasteiger partial charge in [0.1, 0.15) is 11.6 Å². The van der Waals surface area contributed by atoms with Gasteiger partial charge < -0.3 is 15.4 Å². The minimum atomic E-state index is 0.628. The molecule has 134 valence electrons. The number of nitrogens with zero attached hydrogens (tertiary/aromatic N) is 2. The quantitative estimate of drug-likeness (QED) is 0.643. The smallest absolute Gasteiger partial charge is 0.224 e. The van der Waals surface area contributed by atoms with Gasteiger partial charge in [-0.05, 0) is 48.2 Å². The van der Waals surface area contributed by atoms with Crippen LogP contribution < -0.4 is 15.4 Å². The van der Waals surface area contributed by atoms with Crippen LogP contribution in [0.3, 0.4) is 0 Å². The van der Waals surface area contributed by atoms with E-state index in [1.807, 2.05) is 30.3 Å². The first kappa shape index (κ1) is 17.7. The van der Waals surface area contributed by atoms with Crippen LogP contribution in [0.4, 0.5) is 11.8 Å². The second-order valence-electron chi connectivity index (χ2n) is 6.07. The van der Waals surface area contributed by atoms with Crippen LogP contribution in [-0.2, 0) is 13.0 Å². The Kier molecular flexibility index (Phi) is 6.04. The van der Waals surface area contributed by atoms with Gasteiger partial charge in [0.25, 0.3) is 0 Å². The highest BCUT2D eigenvalue weighted by molar-refractivity contribution is 5.40. The summed E-state index contributed by atoms with van der Waals surface area (Å²) in [6, 6.07) is 18.3. The van der Waals surface area contributed by atoms with Crippen molar-refractivity contribution in [3.63, 3.8) is 0 Å². The Bertz CT molecular complexity index is 833. The lowest BCUT2D eigenvalue weighted by Crippen LogP contribution is -2.09. The highest BCUT2D eigenvalue weighted by Gasteiger charge is 2.01. The van der Waals surface area contributed by atoms with Crippen molar-refractivity contribution in [1.82, 2.24) is 9.97 Å². The van der Waals surface area contributed by atoms with Gasteiger partial charge in [-0.2, -0.15) is 4.98 Å². The van der Waals surface area contributed by atoms with Crippen LogP contribution in [0.5, 0.6) is 5.75 Å². The fourth-order valence-corrected chi connectivity index (χ4v) is 2.65. The molecule has 26 heavy (non-hydrogen) atoms. The lowest BCUT2D eigenvalue weighted by atomic mass is 10.1. The zero-order valence-electron chi connectivity index (χ0n) is 15.2. The van der Waals surface area contributed by atoms with Crippen LogP contribution >= 0.6 is 0 Å². The van der Waals surface area contributed by atoms with Gasteiger partial charge in [-0.15, -0.1) is 0 Å². The molecule has 0 spiro atoms. The summed E-state index contributed by atoms with van der Waals surface area (Å²) < 4.78 is 5.18. The summed E-state index contributed by atoms with van der Waals surface area (Å²) in [7, 11) is 1.68. The Morgan fingerprint density at radius 2 is 1.77 bits per heavy atom. The van der Waals surface area contributed by atoms with Gasteiger partial charge in [-0.1, -0.05) is 36.4 Å². The molecule has 0 aliphatic heterocycles. The van der Waals surface area contributed by atoms with Crippen LogP contribution in [0.1, 0.15) is 16.7 Å². The zero-order chi connectivity index (χ0) is 18.2. The summed E-state index contributed by atoms with van der Waals surface area (Å²) in [5.74, 6) is 2.32. The summed E-state index contributed by atoms with van der Waals surface area (Å²) in [4.78, 5) is 8.82. The topological polar surface area (TPSA) is 59.1 Å². The van der Waals surface area contributed by atoms with E-state index in [1.165, 1.54) is 16.7 Å². The van der Waals surface area contributed by atoms with Gasteiger partial charge in [0.2, 0.25) is 5.95 Å². The van der Waals surface area contributed by atoms with Crippen molar-refractivity contribution < 1.29 is 4.74 Å². The van der Waals surface area contributed by atoms with E-state index >= 15 is 0 Å². The number of ether oxygens (including phenoxy) is 1. The number of hydrogen-bond donors (Lipinski definition) is 2. The maximum atomic E-state index is 5.18. The SMILES string of the molecule is COc1ccc(CCNc2ccnc(NCc3ccccc3C)n2)cc1. The lowest BCUT2D eigenvalue weighted by molar-refractivity contribution is 0.414. The molecule has 0 bridgehead atoms. The molecule has 3 rings (SSSR count). The molecular weight excluding hydrogens is 324 g/mol. The van der Waals surface area contributed by atoms with Crippen molar-refractivity contribution in [2.75, 3.05) is 24.3 Å². The maximum Gasteiger partial charge on any atom is 0.224 e. The Morgan fingerprint density at radius 3 is 2.54 bits per heavy atom. The van der Waals surface area contributed by atoms with Crippen LogP contribution in [0.25, 0.3) is 0 Å². The molecule has 5 heteroatoms. The van der Waals surface area contributed by atoms with Crippen molar-refractivity contribution in [3.8, 4) is 5.75 Å². The average molecular weight is 348 g/mol. The van der Waals surface area contributed by atoms with E-state index in [0.717, 1.165) is 24.5 Å². The van der Waals surface area contributed by atoms with Crippen molar-refractivity contribution >= 4 is 11.8 Å². The van der Waals surface area contributed by atoms with Gasteiger partial charge in [0.05, 0.1) is 7.11 Å². The molecule has 0 atom stereocenters. The number of benzene rings is 2. The summed E-state index contributed by atoms with van der Waals surface area (Å²) >= 11 is 0. The normalized spacial score (nSPS) is 10.4. The summed E-state index contributed by atoms with van der Waals surface area (Å²) in [6.45, 7) is 3.62. The zero-order valence-corrected chi connectivity index (χ0v) is 15.2. The molecule has 1 heterocycles. The second kappa shape index (κ2) is 8.85. The number of rotatable bonds is 8. The molecule has 2 aromatic carbocycles. The molecule has 0 saturated heterocycles. The van der Waals surface area contributed by atoms with Gasteiger partial charge in [-0.25, -0.2) is 4.98 Å². The van der Waals surface area contributed by atoms with Gasteiger partial charge in [-0.3, -0.25) is 0 Å². The first-order chi connectivity index (χ1) is 12.7. The third-order valence-corrected chi connectivity index (χ3v) is 4.23. The van der Waals surface area contributed by atoms with Crippen LogP contribution in [0.2, 0.25) is 0 Å². The van der Waals surface area contributed by atoms with Gasteiger partial charge >= 0.3 is 0 Å². The fourth-order valence-electron chi connectivity index (χ4n) is 2.65. The van der Waals surface area contributed by atoms with E-state index in [0.29, 0.717) is 12.5 Å². The second-order valence-corrected chi connectivity index (χ2v) is 6.07. The number of nitrogens with one attached hydrogen (secondary N) is 2. The van der Waals surface area contributed by atoms with Crippen LogP contribution in [0.15, 0.2) is 60.8 Å². The molecule has 1 aromatic heterocycles. The first-order valence-corrected chi connectivity index (χ1v) is 8.73. The minimum absolute atomic E-state index is 0.628. The van der Waals surface area contributed by atoms with E-state index in [2.05, 4.69) is 51.8 Å². The summed E-state index contributed by atoms with van der Waals surface area (Å²) in [5.41, 5.74) is 3.76. The lowest BCUT2D eigenvalue weighted by Gasteiger charge is -2.10. The summed E-state index contributed by atoms with van der Waals surface area (Å²) in [6.07, 6.45) is 2.68. The minimum Gasteiger partial charge on any atom is -0.497 e. The molecule has 0 aliphatic rings. The number of hydrogen-bond acceptors (Lipinski definition) is 5. The van der Waals surface area contributed by atoms with Crippen molar-refractivity contribution in [2.45, 2.75) is 19.9 Å². The predicted molar refractivity (Wildman–Crippen MR) is 106 cm³/mol. The molecule has 2 N–H and O–H groups in total. The fraction of sp³-hybridized carbons (Fsp3) is 0.238. The largest absolute Gasteiger partial charge is 0.497 e. The number of anilines is 2. The number of aryl methyl sites for hydroxylation is 1.